The molecular formula is C23H20BrFN2O4. The van der Waals surface area contributed by atoms with Crippen molar-refractivity contribution in [3.8, 4) is 17.0 Å². The van der Waals surface area contributed by atoms with Gasteiger partial charge >= 0.3 is 5.97 Å². The Labute approximate surface area is 186 Å². The number of aromatic amines is 1. The van der Waals surface area contributed by atoms with E-state index in [1.807, 2.05) is 0 Å². The van der Waals surface area contributed by atoms with Gasteiger partial charge in [-0.3, -0.25) is 9.89 Å². The van der Waals surface area contributed by atoms with Gasteiger partial charge in [-0.1, -0.05) is 6.07 Å². The van der Waals surface area contributed by atoms with Crippen LogP contribution in [-0.2, 0) is 11.2 Å². The molecular weight excluding hydrogens is 467 g/mol. The van der Waals surface area contributed by atoms with Crippen molar-refractivity contribution in [1.82, 2.24) is 10.2 Å². The topological polar surface area (TPSA) is 92.3 Å². The van der Waals surface area contributed by atoms with E-state index in [2.05, 4.69) is 26.1 Å². The van der Waals surface area contributed by atoms with Crippen LogP contribution in [0.15, 0.2) is 40.9 Å². The Morgan fingerprint density at radius 1 is 1.32 bits per heavy atom. The third-order valence-corrected chi connectivity index (χ3v) is 6.10. The first-order chi connectivity index (χ1) is 14.9. The van der Waals surface area contributed by atoms with E-state index < -0.39 is 17.7 Å². The number of phenols is 1. The molecule has 0 bridgehead atoms. The molecule has 0 saturated carbocycles. The van der Waals surface area contributed by atoms with Crippen molar-refractivity contribution in [3.05, 3.63) is 69.1 Å². The number of Topliss-reactive ketones (excluding diaryl/α,β-unsaturated/α-hetero) is 1. The van der Waals surface area contributed by atoms with Gasteiger partial charge in [-0.05, 0) is 72.4 Å². The smallest absolute Gasteiger partial charge is 0.338 e. The second-order valence-corrected chi connectivity index (χ2v) is 8.18. The molecule has 6 nitrogen and oxygen atoms in total. The summed E-state index contributed by atoms with van der Waals surface area (Å²) in [5, 5.41) is 17.5. The fourth-order valence-electron chi connectivity index (χ4n) is 4.03. The van der Waals surface area contributed by atoms with Crippen molar-refractivity contribution >= 4 is 27.7 Å². The minimum atomic E-state index is -0.625. The maximum absolute atomic E-state index is 15.0. The summed E-state index contributed by atoms with van der Waals surface area (Å²) >= 11 is 3.35. The lowest BCUT2D eigenvalue weighted by Crippen LogP contribution is -2.19. The Morgan fingerprint density at radius 3 is 2.84 bits per heavy atom. The Kier molecular flexibility index (Phi) is 5.91. The summed E-state index contributed by atoms with van der Waals surface area (Å²) in [6.07, 6.45) is 2.01. The molecule has 1 heterocycles. The normalized spacial score (nSPS) is 15.4. The van der Waals surface area contributed by atoms with Crippen LogP contribution >= 0.6 is 15.9 Å². The first-order valence-electron chi connectivity index (χ1n) is 9.98. The van der Waals surface area contributed by atoms with E-state index in [1.54, 1.807) is 19.1 Å². The Balaban J connectivity index is 1.77. The van der Waals surface area contributed by atoms with Gasteiger partial charge in [0, 0.05) is 21.3 Å². The van der Waals surface area contributed by atoms with Gasteiger partial charge in [0.1, 0.15) is 11.6 Å². The molecule has 0 aliphatic heterocycles. The predicted molar refractivity (Wildman–Crippen MR) is 116 cm³/mol. The maximum Gasteiger partial charge on any atom is 0.338 e. The number of H-pyrrole nitrogens is 1. The summed E-state index contributed by atoms with van der Waals surface area (Å²) in [6, 6.07) is 8.88. The van der Waals surface area contributed by atoms with Gasteiger partial charge in [-0.25, -0.2) is 9.18 Å². The quantitative estimate of drug-likeness (QED) is 0.383. The Hall–Kier alpha value is -3.00. The number of aromatic hydroxyl groups is 1. The molecule has 4 rings (SSSR count). The van der Waals surface area contributed by atoms with E-state index in [0.717, 1.165) is 18.2 Å². The first-order valence-corrected chi connectivity index (χ1v) is 10.8. The van der Waals surface area contributed by atoms with E-state index in [0.29, 0.717) is 28.6 Å². The number of phenolic OH excluding ortho intramolecular Hbond substituents is 1. The van der Waals surface area contributed by atoms with Crippen LogP contribution in [-0.4, -0.2) is 33.7 Å². The molecule has 1 aromatic heterocycles. The zero-order valence-corrected chi connectivity index (χ0v) is 18.3. The molecule has 1 aliphatic carbocycles. The molecule has 0 spiro atoms. The number of aryl methyl sites for hydroxylation is 1. The lowest BCUT2D eigenvalue weighted by atomic mass is 9.79. The van der Waals surface area contributed by atoms with Crippen LogP contribution in [0, 0.1) is 5.82 Å². The second kappa shape index (κ2) is 8.63. The third kappa shape index (κ3) is 3.87. The summed E-state index contributed by atoms with van der Waals surface area (Å²) in [6.45, 7) is 1.87. The number of carbonyl (C=O) groups is 2. The minimum absolute atomic E-state index is 0.110. The van der Waals surface area contributed by atoms with Crippen LogP contribution in [0.4, 0.5) is 4.39 Å². The van der Waals surface area contributed by atoms with Crippen LogP contribution in [0.25, 0.3) is 11.3 Å². The van der Waals surface area contributed by atoms with Gasteiger partial charge in [0.25, 0.3) is 0 Å². The Morgan fingerprint density at radius 2 is 2.13 bits per heavy atom. The Bertz CT molecular complexity index is 1150. The van der Waals surface area contributed by atoms with Gasteiger partial charge in [0.2, 0.25) is 0 Å². The lowest BCUT2D eigenvalue weighted by molar-refractivity contribution is 0.0525. The van der Waals surface area contributed by atoms with E-state index in [1.165, 1.54) is 18.2 Å². The average Bonchev–Trinajstić information content (AvgIpc) is 3.17. The zero-order chi connectivity index (χ0) is 22.1. The molecule has 2 aromatic carbocycles. The summed E-state index contributed by atoms with van der Waals surface area (Å²) in [5.41, 5.74) is 2.26. The molecule has 1 aliphatic rings. The van der Waals surface area contributed by atoms with Crippen LogP contribution < -0.4 is 0 Å². The SMILES string of the molecule is CCOC(=O)c1ccc(-c2n[nH]c3c2C(C(=O)c2c(O)cccc2Br)CCC3)c(F)c1. The number of halogens is 2. The second-order valence-electron chi connectivity index (χ2n) is 7.32. The number of carbonyl (C=O) groups excluding carboxylic acids is 2. The summed E-state index contributed by atoms with van der Waals surface area (Å²) in [4.78, 5) is 25.3. The molecule has 1 unspecified atom stereocenters. The number of aromatic nitrogens is 2. The van der Waals surface area contributed by atoms with E-state index in [9.17, 15) is 19.1 Å². The summed E-state index contributed by atoms with van der Waals surface area (Å²) in [7, 11) is 0. The molecule has 3 aromatic rings. The number of ketones is 1. The van der Waals surface area contributed by atoms with Crippen LogP contribution in [0.3, 0.4) is 0 Å². The largest absolute Gasteiger partial charge is 0.507 e. The number of hydrogen-bond acceptors (Lipinski definition) is 5. The van der Waals surface area contributed by atoms with Crippen molar-refractivity contribution in [2.75, 3.05) is 6.61 Å². The number of nitrogens with one attached hydrogen (secondary N) is 1. The molecule has 0 radical (unpaired) electrons. The van der Waals surface area contributed by atoms with Crippen molar-refractivity contribution in [2.45, 2.75) is 32.1 Å². The predicted octanol–water partition coefficient (Wildman–Crippen LogP) is 5.16. The van der Waals surface area contributed by atoms with E-state index in [4.69, 9.17) is 4.74 Å². The minimum Gasteiger partial charge on any atom is -0.507 e. The van der Waals surface area contributed by atoms with Crippen LogP contribution in [0.5, 0.6) is 5.75 Å². The number of esters is 1. The molecule has 160 valence electrons. The van der Waals surface area contributed by atoms with Gasteiger partial charge in [0.15, 0.2) is 5.78 Å². The van der Waals surface area contributed by atoms with E-state index in [-0.39, 0.29) is 34.8 Å². The number of ether oxygens (including phenoxy) is 1. The highest BCUT2D eigenvalue weighted by atomic mass is 79.9. The van der Waals surface area contributed by atoms with Gasteiger partial charge in [0.05, 0.1) is 29.3 Å². The fraction of sp³-hybridized carbons (Fsp3) is 0.261. The molecule has 0 saturated heterocycles. The number of nitrogens with zero attached hydrogens (tertiary/aromatic N) is 1. The highest BCUT2D eigenvalue weighted by Gasteiger charge is 2.34. The highest BCUT2D eigenvalue weighted by Crippen LogP contribution is 2.42. The molecule has 31 heavy (non-hydrogen) atoms. The standard InChI is InChI=1S/C23H20BrFN2O4/c1-2-31-23(30)12-9-10-13(16(25)11-12)21-19-14(5-3-7-17(19)26-27-21)22(29)20-15(24)6-4-8-18(20)28/h4,6,8-11,14,28H,2-3,5,7H2,1H3,(H,26,27). The van der Waals surface area contributed by atoms with Crippen LogP contribution in [0.2, 0.25) is 0 Å². The van der Waals surface area contributed by atoms with Crippen molar-refractivity contribution in [3.63, 3.8) is 0 Å². The molecule has 0 amide bonds. The van der Waals surface area contributed by atoms with Crippen molar-refractivity contribution in [1.29, 1.82) is 0 Å². The van der Waals surface area contributed by atoms with Gasteiger partial charge < -0.3 is 9.84 Å². The van der Waals surface area contributed by atoms with Crippen molar-refractivity contribution in [2.24, 2.45) is 0 Å². The monoisotopic (exact) mass is 486 g/mol. The molecule has 8 heteroatoms. The van der Waals surface area contributed by atoms with E-state index >= 15 is 0 Å². The number of benzene rings is 2. The van der Waals surface area contributed by atoms with Gasteiger partial charge in [-0.15, -0.1) is 0 Å². The summed E-state index contributed by atoms with van der Waals surface area (Å²) in [5.74, 6) is -2.17. The molecule has 0 fully saturated rings. The number of hydrogen-bond donors (Lipinski definition) is 2. The average molecular weight is 487 g/mol. The number of rotatable bonds is 5. The van der Waals surface area contributed by atoms with Gasteiger partial charge in [-0.2, -0.15) is 5.10 Å². The summed E-state index contributed by atoms with van der Waals surface area (Å²) < 4.78 is 20.4. The van der Waals surface area contributed by atoms with Crippen molar-refractivity contribution < 1.29 is 23.8 Å². The highest BCUT2D eigenvalue weighted by molar-refractivity contribution is 9.10. The fourth-order valence-corrected chi connectivity index (χ4v) is 4.58. The zero-order valence-electron chi connectivity index (χ0n) is 16.7. The molecule has 2 N–H and O–H groups in total. The first kappa shape index (κ1) is 21.2. The lowest BCUT2D eigenvalue weighted by Gasteiger charge is -2.23. The number of fused-ring (bicyclic) bond motifs is 1. The molecule has 1 atom stereocenters. The maximum atomic E-state index is 15.0. The third-order valence-electron chi connectivity index (χ3n) is 5.44. The van der Waals surface area contributed by atoms with Crippen LogP contribution in [0.1, 0.15) is 57.7 Å².